The topological polar surface area (TPSA) is 26.0 Å². The van der Waals surface area contributed by atoms with E-state index >= 15 is 0 Å². The van der Waals surface area contributed by atoms with Crippen LogP contribution in [-0.2, 0) is 12.8 Å². The van der Waals surface area contributed by atoms with E-state index in [0.29, 0.717) is 0 Å². The summed E-state index contributed by atoms with van der Waals surface area (Å²) < 4.78 is 5.43. The Morgan fingerprint density at radius 1 is 1.00 bits per heavy atom. The Kier molecular flexibility index (Phi) is 4.62. The molecule has 0 aliphatic heterocycles. The molecule has 19 heavy (non-hydrogen) atoms. The zero-order chi connectivity index (χ0) is 13.8. The van der Waals surface area contributed by atoms with E-state index in [2.05, 4.69) is 44.8 Å². The van der Waals surface area contributed by atoms with Crippen LogP contribution in [0.25, 0.3) is 11.1 Å². The molecule has 2 rings (SSSR count). The molecule has 104 valence electrons. The second-order valence-corrected chi connectivity index (χ2v) is 6.27. The molecule has 0 spiro atoms. The Balaban J connectivity index is 2.29. The third kappa shape index (κ3) is 3.59. The van der Waals surface area contributed by atoms with Crippen molar-refractivity contribution < 1.29 is 4.42 Å². The Morgan fingerprint density at radius 3 is 2.37 bits per heavy atom. The lowest BCUT2D eigenvalue weighted by Crippen LogP contribution is -2.01. The maximum Gasteiger partial charge on any atom is 0.181 e. The van der Waals surface area contributed by atoms with E-state index in [1.165, 1.54) is 24.0 Å². The highest BCUT2D eigenvalue weighted by Crippen LogP contribution is 2.25. The first kappa shape index (κ1) is 14.1. The SMILES string of the molecule is CC(C)CCc1ccc2ocnc2c1CCC(C)C. The van der Waals surface area contributed by atoms with Crippen molar-refractivity contribution in [3.05, 3.63) is 29.7 Å². The summed E-state index contributed by atoms with van der Waals surface area (Å²) in [5, 5.41) is 0. The quantitative estimate of drug-likeness (QED) is 0.729. The van der Waals surface area contributed by atoms with Gasteiger partial charge in [-0.25, -0.2) is 4.98 Å². The largest absolute Gasteiger partial charge is 0.443 e. The van der Waals surface area contributed by atoms with Crippen molar-refractivity contribution in [1.82, 2.24) is 4.98 Å². The first-order chi connectivity index (χ1) is 9.08. The molecule has 0 saturated heterocycles. The average molecular weight is 259 g/mol. The third-order valence-corrected chi connectivity index (χ3v) is 3.67. The van der Waals surface area contributed by atoms with Gasteiger partial charge in [0.05, 0.1) is 0 Å². The van der Waals surface area contributed by atoms with Crippen LogP contribution in [0.4, 0.5) is 0 Å². The Hall–Kier alpha value is -1.31. The lowest BCUT2D eigenvalue weighted by atomic mass is 9.93. The number of rotatable bonds is 6. The van der Waals surface area contributed by atoms with E-state index in [1.807, 2.05) is 0 Å². The van der Waals surface area contributed by atoms with Crippen molar-refractivity contribution in [2.75, 3.05) is 0 Å². The maximum absolute atomic E-state index is 5.43. The molecule has 1 aromatic carbocycles. The highest BCUT2D eigenvalue weighted by molar-refractivity contribution is 5.77. The molecule has 0 atom stereocenters. The van der Waals surface area contributed by atoms with Crippen molar-refractivity contribution in [3.63, 3.8) is 0 Å². The van der Waals surface area contributed by atoms with Crippen molar-refractivity contribution in [1.29, 1.82) is 0 Å². The fraction of sp³-hybridized carbons (Fsp3) is 0.588. The molecule has 2 nitrogen and oxygen atoms in total. The van der Waals surface area contributed by atoms with Crippen LogP contribution >= 0.6 is 0 Å². The maximum atomic E-state index is 5.43. The van der Waals surface area contributed by atoms with Crippen LogP contribution in [0, 0.1) is 11.8 Å². The fourth-order valence-corrected chi connectivity index (χ4v) is 2.42. The molecule has 0 aliphatic rings. The summed E-state index contributed by atoms with van der Waals surface area (Å²) >= 11 is 0. The number of benzene rings is 1. The molecule has 1 heterocycles. The second-order valence-electron chi connectivity index (χ2n) is 6.27. The molecule has 0 amide bonds. The number of fused-ring (bicyclic) bond motifs is 1. The molecule has 0 bridgehead atoms. The molecule has 2 heteroatoms. The van der Waals surface area contributed by atoms with Crippen molar-refractivity contribution in [2.24, 2.45) is 11.8 Å². The van der Waals surface area contributed by atoms with Crippen LogP contribution in [0.5, 0.6) is 0 Å². The lowest BCUT2D eigenvalue weighted by Gasteiger charge is -2.12. The summed E-state index contributed by atoms with van der Waals surface area (Å²) in [7, 11) is 0. The first-order valence-corrected chi connectivity index (χ1v) is 7.42. The molecule has 0 saturated carbocycles. The van der Waals surface area contributed by atoms with Gasteiger partial charge in [0.15, 0.2) is 12.0 Å². The highest BCUT2D eigenvalue weighted by Gasteiger charge is 2.12. The van der Waals surface area contributed by atoms with Gasteiger partial charge in [0, 0.05) is 0 Å². The Morgan fingerprint density at radius 2 is 1.68 bits per heavy atom. The van der Waals surface area contributed by atoms with Gasteiger partial charge < -0.3 is 4.42 Å². The number of hydrogen-bond acceptors (Lipinski definition) is 2. The minimum absolute atomic E-state index is 0.722. The van der Waals surface area contributed by atoms with Crippen LogP contribution in [0.15, 0.2) is 22.9 Å². The van der Waals surface area contributed by atoms with Gasteiger partial charge >= 0.3 is 0 Å². The third-order valence-electron chi connectivity index (χ3n) is 3.67. The fourth-order valence-electron chi connectivity index (χ4n) is 2.42. The number of nitrogens with zero attached hydrogens (tertiary/aromatic N) is 1. The number of aryl methyl sites for hydroxylation is 2. The molecule has 0 N–H and O–H groups in total. The predicted molar refractivity (Wildman–Crippen MR) is 80.3 cm³/mol. The summed E-state index contributed by atoms with van der Waals surface area (Å²) in [4.78, 5) is 4.42. The lowest BCUT2D eigenvalue weighted by molar-refractivity contribution is 0.571. The van der Waals surface area contributed by atoms with Gasteiger partial charge in [-0.05, 0) is 54.7 Å². The number of aromatic nitrogens is 1. The standard InChI is InChI=1S/C17H25NO/c1-12(2)5-7-14-8-10-16-17(18-11-19-16)15(14)9-6-13(3)4/h8,10-13H,5-7,9H2,1-4H3. The zero-order valence-corrected chi connectivity index (χ0v) is 12.6. The first-order valence-electron chi connectivity index (χ1n) is 7.42. The van der Waals surface area contributed by atoms with E-state index in [1.54, 1.807) is 6.39 Å². The highest BCUT2D eigenvalue weighted by atomic mass is 16.3. The van der Waals surface area contributed by atoms with E-state index in [9.17, 15) is 0 Å². The van der Waals surface area contributed by atoms with Crippen molar-refractivity contribution in [3.8, 4) is 0 Å². The second kappa shape index (κ2) is 6.23. The molecular formula is C17H25NO. The van der Waals surface area contributed by atoms with Gasteiger partial charge in [-0.1, -0.05) is 33.8 Å². The van der Waals surface area contributed by atoms with Crippen molar-refractivity contribution in [2.45, 2.75) is 53.4 Å². The van der Waals surface area contributed by atoms with Crippen LogP contribution in [0.3, 0.4) is 0 Å². The summed E-state index contributed by atoms with van der Waals surface area (Å²) in [6.45, 7) is 9.11. The van der Waals surface area contributed by atoms with Crippen LogP contribution in [0.2, 0.25) is 0 Å². The van der Waals surface area contributed by atoms with Crippen LogP contribution in [-0.4, -0.2) is 4.98 Å². The van der Waals surface area contributed by atoms with Gasteiger partial charge in [0.1, 0.15) is 5.52 Å². The minimum atomic E-state index is 0.722. The predicted octanol–water partition coefficient (Wildman–Crippen LogP) is 5.01. The summed E-state index contributed by atoms with van der Waals surface area (Å²) in [6.07, 6.45) is 6.26. The van der Waals surface area contributed by atoms with E-state index < -0.39 is 0 Å². The molecule has 0 radical (unpaired) electrons. The van der Waals surface area contributed by atoms with Gasteiger partial charge in [-0.15, -0.1) is 0 Å². The zero-order valence-electron chi connectivity index (χ0n) is 12.6. The summed E-state index contributed by atoms with van der Waals surface area (Å²) in [5.74, 6) is 1.46. The van der Waals surface area contributed by atoms with Crippen LogP contribution < -0.4 is 0 Å². The number of hydrogen-bond donors (Lipinski definition) is 0. The minimum Gasteiger partial charge on any atom is -0.443 e. The summed E-state index contributed by atoms with van der Waals surface area (Å²) in [6, 6.07) is 4.29. The van der Waals surface area contributed by atoms with Gasteiger partial charge in [0.25, 0.3) is 0 Å². The normalized spacial score (nSPS) is 11.9. The molecular weight excluding hydrogens is 234 g/mol. The average Bonchev–Trinajstić information content (AvgIpc) is 2.81. The van der Waals surface area contributed by atoms with Gasteiger partial charge in [-0.3, -0.25) is 0 Å². The molecule has 1 aromatic heterocycles. The van der Waals surface area contributed by atoms with Crippen LogP contribution in [0.1, 0.15) is 51.7 Å². The molecule has 0 aliphatic carbocycles. The monoisotopic (exact) mass is 259 g/mol. The van der Waals surface area contributed by atoms with E-state index in [0.717, 1.165) is 35.8 Å². The van der Waals surface area contributed by atoms with E-state index in [4.69, 9.17) is 4.42 Å². The Labute approximate surface area is 116 Å². The smallest absolute Gasteiger partial charge is 0.181 e. The molecule has 0 fully saturated rings. The Bertz CT molecular complexity index is 525. The molecule has 2 aromatic rings. The van der Waals surface area contributed by atoms with Gasteiger partial charge in [-0.2, -0.15) is 0 Å². The van der Waals surface area contributed by atoms with Gasteiger partial charge in [0.2, 0.25) is 0 Å². The van der Waals surface area contributed by atoms with Crippen molar-refractivity contribution >= 4 is 11.1 Å². The molecule has 0 unspecified atom stereocenters. The number of oxazole rings is 1. The van der Waals surface area contributed by atoms with E-state index in [-0.39, 0.29) is 0 Å². The summed E-state index contributed by atoms with van der Waals surface area (Å²) in [5.41, 5.74) is 4.85.